The summed E-state index contributed by atoms with van der Waals surface area (Å²) < 4.78 is 117. The van der Waals surface area contributed by atoms with Gasteiger partial charge in [0, 0.05) is 76.2 Å². The summed E-state index contributed by atoms with van der Waals surface area (Å²) >= 11 is 0. The molecule has 8 unspecified atom stereocenters. The Kier molecular flexibility index (Phi) is 31.7. The predicted molar refractivity (Wildman–Crippen MR) is 308 cm³/mol. The van der Waals surface area contributed by atoms with Crippen molar-refractivity contribution >= 4 is 65.7 Å². The van der Waals surface area contributed by atoms with Gasteiger partial charge in [0.1, 0.15) is 112 Å². The fourth-order valence-electron chi connectivity index (χ4n) is 11.1. The highest BCUT2D eigenvalue weighted by Crippen LogP contribution is 2.43. The highest BCUT2D eigenvalue weighted by Gasteiger charge is 2.66. The Morgan fingerprint density at radius 2 is 0.663 bits per heavy atom. The van der Waals surface area contributed by atoms with Gasteiger partial charge in [0.15, 0.2) is 67.7 Å². The van der Waals surface area contributed by atoms with Crippen molar-refractivity contribution in [3.63, 3.8) is 0 Å². The maximum Gasteiger partial charge on any atom is 0.303 e. The second-order valence-electron chi connectivity index (χ2n) is 23.3. The van der Waals surface area contributed by atoms with Gasteiger partial charge in [-0.3, -0.25) is 52.7 Å². The molecule has 0 aromatic heterocycles. The number of rotatable bonds is 27. The summed E-state index contributed by atoms with van der Waals surface area (Å²) in [7, 11) is 0. The maximum absolute atomic E-state index is 12.8. The lowest BCUT2D eigenvalue weighted by Gasteiger charge is -2.47. The molecule has 11 N–H and O–H groups in total. The van der Waals surface area contributed by atoms with Gasteiger partial charge in [-0.1, -0.05) is 0 Å². The van der Waals surface area contributed by atoms with Gasteiger partial charge < -0.3 is 156 Å². The first-order valence-electron chi connectivity index (χ1n) is 30.9. The van der Waals surface area contributed by atoms with Crippen LogP contribution in [0.25, 0.3) is 0 Å². The Morgan fingerprint density at radius 3 is 1.12 bits per heavy atom. The number of ether oxygens (including phenoxy) is 21. The van der Waals surface area contributed by atoms with Crippen LogP contribution in [0.3, 0.4) is 0 Å². The van der Waals surface area contributed by atoms with E-state index in [0.717, 1.165) is 76.2 Å². The van der Waals surface area contributed by atoms with E-state index in [1.165, 1.54) is 0 Å². The van der Waals surface area contributed by atoms with E-state index in [4.69, 9.17) is 99.5 Å². The summed E-state index contributed by atoms with van der Waals surface area (Å²) in [6, 6.07) is 0. The fraction of sp³-hybridized carbons (Fsp3) is 0.810. The number of carbonyl (C=O) groups excluding carboxylic acids is 11. The molecule has 6 aliphatic rings. The monoisotopic (exact) mass is 1470 g/mol. The molecule has 6 heterocycles. The Labute approximate surface area is 572 Å². The number of aliphatic hydroxyl groups is 11. The van der Waals surface area contributed by atoms with E-state index in [-0.39, 0.29) is 0 Å². The van der Waals surface area contributed by atoms with E-state index < -0.39 is 290 Å². The van der Waals surface area contributed by atoms with Crippen LogP contribution < -0.4 is 0 Å². The van der Waals surface area contributed by atoms with Crippen LogP contribution in [0, 0.1) is 0 Å². The number of hydrogen-bond donors (Lipinski definition) is 11. The minimum Gasteiger partial charge on any atom is -0.463 e. The Balaban J connectivity index is 0.000000449. The summed E-state index contributed by atoms with van der Waals surface area (Å²) in [5, 5.41) is 109. The SMILES string of the molecule is CC(=O)OCC1O[C@H](OCC2O[C@@H](O[C@]3(COC(C)=O)O[C@H](COC(C)=O)[C@@H](OC(C)=O)[C@H]3OC(C)=O)C(OC(C)=O)[C@@H](OC(C)=O)[C@@H]2OC(C)=O)C(OC(C)=O)[C@@H](OC(C)=O)[C@H]1OC(C)=O.OCC1O[C@H](OCC2O[C@@H](O[C@]3(CO)O[C@H](CO)[C@@H](O)[C@H]3O)C(O)[C@@H](O)[C@@H]2O)C(O)[C@@H](O)[C@H]1O. The molecular formula is C58H86O43. The van der Waals surface area contributed by atoms with Crippen molar-refractivity contribution in [1.29, 1.82) is 0 Å². The molecule has 0 radical (unpaired) electrons. The zero-order valence-electron chi connectivity index (χ0n) is 56.2. The van der Waals surface area contributed by atoms with Crippen molar-refractivity contribution in [2.75, 3.05) is 52.9 Å². The van der Waals surface area contributed by atoms with E-state index in [9.17, 15) is 109 Å². The Bertz CT molecular complexity index is 2840. The number of hydrogen-bond acceptors (Lipinski definition) is 43. The van der Waals surface area contributed by atoms with Gasteiger partial charge in [-0.2, -0.15) is 0 Å². The van der Waals surface area contributed by atoms with E-state index in [1.54, 1.807) is 0 Å². The largest absolute Gasteiger partial charge is 0.463 e. The van der Waals surface area contributed by atoms with E-state index >= 15 is 0 Å². The minimum absolute atomic E-state index is 0.634. The molecule has 6 fully saturated rings. The number of esters is 11. The van der Waals surface area contributed by atoms with Gasteiger partial charge in [0.05, 0.1) is 26.4 Å². The third kappa shape index (κ3) is 22.4. The highest BCUT2D eigenvalue weighted by molar-refractivity contribution is 5.71. The van der Waals surface area contributed by atoms with Crippen LogP contribution in [0.15, 0.2) is 0 Å². The van der Waals surface area contributed by atoms with Crippen LogP contribution in [0.5, 0.6) is 0 Å². The standard InChI is InChI=1S/C40H54O27.C18H32O16/c1-16(41)52-12-27-30(56-19(4)44)33(59-22(7)47)35(61-24(9)49)38(64-27)54-13-28-31(57-20(5)45)34(60-23(8)48)36(62-25(10)50)39(65-28)67-40(15-55-18(3)43)37(63-26(11)51)32(58-21(6)46)29(66-40)14-53-17(2)42;19-1-5-8(22)11(25)13(27)16(31-5)30-3-7-9(23)12(26)14(28)17(32-7)34-18(4-21)15(29)10(24)6(2-20)33-18/h27-39H,12-15H2,1-11H3;5-17,19-29H,1-4H2/t27?,28?,29-,30+,31-,32-,33+,34+,35?,36?,37-,38+,39+,40+;5?,6-,7?,8+,9-,10-,11+,12+,13?,14?,15-,16+,17+,18+/m11/s1. The van der Waals surface area contributed by atoms with Crippen molar-refractivity contribution in [2.24, 2.45) is 0 Å². The molecule has 43 heteroatoms. The Morgan fingerprint density at radius 1 is 0.307 bits per heavy atom. The van der Waals surface area contributed by atoms with Crippen molar-refractivity contribution in [3.8, 4) is 0 Å². The molecule has 576 valence electrons. The first-order valence-corrected chi connectivity index (χ1v) is 30.9. The smallest absolute Gasteiger partial charge is 0.303 e. The minimum atomic E-state index is -2.66. The molecule has 0 aliphatic carbocycles. The second kappa shape index (κ2) is 37.7. The molecule has 6 saturated heterocycles. The fourth-order valence-corrected chi connectivity index (χ4v) is 11.1. The van der Waals surface area contributed by atoms with Crippen LogP contribution in [0.2, 0.25) is 0 Å². The summed E-state index contributed by atoms with van der Waals surface area (Å²) in [5.41, 5.74) is 0. The first kappa shape index (κ1) is 85.0. The highest BCUT2D eigenvalue weighted by atomic mass is 16.8. The molecule has 0 amide bonds. The Hall–Kier alpha value is -6.67. The lowest BCUT2D eigenvalue weighted by atomic mass is 9.97. The van der Waals surface area contributed by atoms with Crippen molar-refractivity contribution in [1.82, 2.24) is 0 Å². The quantitative estimate of drug-likeness (QED) is 0.0269. The van der Waals surface area contributed by atoms with Gasteiger partial charge in [-0.05, 0) is 0 Å². The molecule has 0 spiro atoms. The van der Waals surface area contributed by atoms with Crippen LogP contribution in [-0.2, 0) is 152 Å². The average Bonchev–Trinajstić information content (AvgIpc) is 1.69. The topological polar surface area (TPSA) is 604 Å². The second-order valence-corrected chi connectivity index (χ2v) is 23.3. The molecule has 0 bridgehead atoms. The third-order valence-corrected chi connectivity index (χ3v) is 15.3. The summed E-state index contributed by atoms with van der Waals surface area (Å²) in [4.78, 5) is 137. The summed E-state index contributed by atoms with van der Waals surface area (Å²) in [6.45, 7) is 4.37. The van der Waals surface area contributed by atoms with Crippen LogP contribution in [0.4, 0.5) is 0 Å². The normalized spacial score (nSPS) is 38.2. The molecule has 0 aromatic rings. The molecule has 6 aliphatic heterocycles. The summed E-state index contributed by atoms with van der Waals surface area (Å²) in [6.07, 6.45) is -45.0. The van der Waals surface area contributed by atoms with Gasteiger partial charge in [0.25, 0.3) is 0 Å². The van der Waals surface area contributed by atoms with Crippen molar-refractivity contribution < 1.29 is 208 Å². The van der Waals surface area contributed by atoms with Gasteiger partial charge >= 0.3 is 65.7 Å². The molecule has 43 nitrogen and oxygen atoms in total. The van der Waals surface area contributed by atoms with Gasteiger partial charge in [0.2, 0.25) is 17.9 Å². The number of aliphatic hydroxyl groups excluding tert-OH is 11. The van der Waals surface area contributed by atoms with Crippen molar-refractivity contribution in [2.45, 2.75) is 247 Å². The third-order valence-electron chi connectivity index (χ3n) is 15.3. The van der Waals surface area contributed by atoms with Crippen LogP contribution in [-0.4, -0.2) is 346 Å². The number of carbonyl (C=O) groups is 11. The van der Waals surface area contributed by atoms with E-state index in [0.29, 0.717) is 0 Å². The first-order chi connectivity index (χ1) is 47.2. The van der Waals surface area contributed by atoms with Crippen LogP contribution >= 0.6 is 0 Å². The van der Waals surface area contributed by atoms with Crippen LogP contribution in [0.1, 0.15) is 76.2 Å². The zero-order chi connectivity index (χ0) is 75.9. The van der Waals surface area contributed by atoms with Gasteiger partial charge in [-0.15, -0.1) is 0 Å². The van der Waals surface area contributed by atoms with Crippen molar-refractivity contribution in [3.05, 3.63) is 0 Å². The van der Waals surface area contributed by atoms with E-state index in [2.05, 4.69) is 0 Å². The summed E-state index contributed by atoms with van der Waals surface area (Å²) in [5.74, 6) is -15.7. The maximum atomic E-state index is 12.8. The molecule has 6 rings (SSSR count). The predicted octanol–water partition coefficient (Wildman–Crippen LogP) is -8.86. The molecule has 28 atom stereocenters. The lowest BCUT2D eigenvalue weighted by molar-refractivity contribution is -0.388. The molecule has 101 heavy (non-hydrogen) atoms. The zero-order valence-corrected chi connectivity index (χ0v) is 56.2. The molecular weight excluding hydrogens is 1380 g/mol. The van der Waals surface area contributed by atoms with Gasteiger partial charge in [-0.25, -0.2) is 0 Å². The molecule has 0 aromatic carbocycles. The lowest BCUT2D eigenvalue weighted by Crippen LogP contribution is -2.66. The average molecular weight is 1470 g/mol. The van der Waals surface area contributed by atoms with E-state index in [1.807, 2.05) is 0 Å². The molecule has 0 saturated carbocycles.